The van der Waals surface area contributed by atoms with Crippen LogP contribution in [0, 0.1) is 12.8 Å². The van der Waals surface area contributed by atoms with E-state index in [0.717, 1.165) is 49.4 Å². The van der Waals surface area contributed by atoms with Gasteiger partial charge in [0.1, 0.15) is 5.69 Å². The molecule has 3 heterocycles. The maximum absolute atomic E-state index is 12.8. The second-order valence-corrected chi connectivity index (χ2v) is 6.91. The SMILES string of the molecule is Cc1cccnc1C(=O)N1CCC[C@H](Cc2ccc(N(C)C)nn2)C1. The van der Waals surface area contributed by atoms with Crippen molar-refractivity contribution in [3.8, 4) is 0 Å². The molecule has 0 aliphatic carbocycles. The highest BCUT2D eigenvalue weighted by Gasteiger charge is 2.26. The zero-order valence-corrected chi connectivity index (χ0v) is 15.1. The number of pyridine rings is 1. The van der Waals surface area contributed by atoms with E-state index >= 15 is 0 Å². The highest BCUT2D eigenvalue weighted by atomic mass is 16.2. The molecule has 3 rings (SSSR count). The molecule has 2 aromatic heterocycles. The highest BCUT2D eigenvalue weighted by molar-refractivity contribution is 5.93. The number of aromatic nitrogens is 3. The third-order valence-corrected chi connectivity index (χ3v) is 4.68. The maximum Gasteiger partial charge on any atom is 0.272 e. The van der Waals surface area contributed by atoms with Crippen LogP contribution in [0.1, 0.15) is 34.6 Å². The van der Waals surface area contributed by atoms with Crippen LogP contribution in [0.25, 0.3) is 0 Å². The molecule has 2 aromatic rings. The van der Waals surface area contributed by atoms with Gasteiger partial charge in [-0.3, -0.25) is 9.78 Å². The number of hydrogen-bond acceptors (Lipinski definition) is 5. The molecule has 0 spiro atoms. The van der Waals surface area contributed by atoms with E-state index in [1.165, 1.54) is 0 Å². The summed E-state index contributed by atoms with van der Waals surface area (Å²) < 4.78 is 0. The summed E-state index contributed by atoms with van der Waals surface area (Å²) in [5.41, 5.74) is 2.48. The number of amides is 1. The highest BCUT2D eigenvalue weighted by Crippen LogP contribution is 2.22. The molecule has 0 bridgehead atoms. The molecular formula is C19H25N5O. The van der Waals surface area contributed by atoms with Crippen LogP contribution >= 0.6 is 0 Å². The monoisotopic (exact) mass is 339 g/mol. The first-order valence-corrected chi connectivity index (χ1v) is 8.75. The summed E-state index contributed by atoms with van der Waals surface area (Å²) in [5.74, 6) is 1.31. The Kier molecular flexibility index (Phi) is 5.26. The van der Waals surface area contributed by atoms with Crippen molar-refractivity contribution in [2.75, 3.05) is 32.1 Å². The number of nitrogens with zero attached hydrogens (tertiary/aromatic N) is 5. The predicted octanol–water partition coefficient (Wildman–Crippen LogP) is 2.34. The molecule has 6 nitrogen and oxygen atoms in total. The Labute approximate surface area is 148 Å². The first-order valence-electron chi connectivity index (χ1n) is 8.75. The fraction of sp³-hybridized carbons (Fsp3) is 0.474. The minimum absolute atomic E-state index is 0.0387. The number of carbonyl (C=O) groups is 1. The van der Waals surface area contributed by atoms with Crippen molar-refractivity contribution in [3.05, 3.63) is 47.4 Å². The van der Waals surface area contributed by atoms with Gasteiger partial charge in [-0.15, -0.1) is 5.10 Å². The molecule has 132 valence electrons. The van der Waals surface area contributed by atoms with E-state index < -0.39 is 0 Å². The molecule has 0 saturated carbocycles. The smallest absolute Gasteiger partial charge is 0.272 e. The average molecular weight is 339 g/mol. The van der Waals surface area contributed by atoms with Crippen LogP contribution < -0.4 is 4.90 Å². The summed E-state index contributed by atoms with van der Waals surface area (Å²) in [4.78, 5) is 20.9. The third-order valence-electron chi connectivity index (χ3n) is 4.68. The average Bonchev–Trinajstić information content (AvgIpc) is 2.62. The van der Waals surface area contributed by atoms with Crippen LogP contribution in [0.2, 0.25) is 0 Å². The number of rotatable bonds is 4. The van der Waals surface area contributed by atoms with Crippen molar-refractivity contribution < 1.29 is 4.79 Å². The Morgan fingerprint density at radius 1 is 1.28 bits per heavy atom. The van der Waals surface area contributed by atoms with Gasteiger partial charge in [-0.1, -0.05) is 6.07 Å². The van der Waals surface area contributed by atoms with Crippen LogP contribution in [-0.4, -0.2) is 53.2 Å². The third kappa shape index (κ3) is 4.13. The second-order valence-electron chi connectivity index (χ2n) is 6.91. The Morgan fingerprint density at radius 3 is 2.80 bits per heavy atom. The lowest BCUT2D eigenvalue weighted by atomic mass is 9.93. The Bertz CT molecular complexity index is 729. The molecule has 1 saturated heterocycles. The minimum Gasteiger partial charge on any atom is -0.361 e. The van der Waals surface area contributed by atoms with Crippen LogP contribution in [0.4, 0.5) is 5.82 Å². The molecule has 0 unspecified atom stereocenters. The quantitative estimate of drug-likeness (QED) is 0.855. The van der Waals surface area contributed by atoms with Gasteiger partial charge in [0.25, 0.3) is 5.91 Å². The topological polar surface area (TPSA) is 62.2 Å². The van der Waals surface area contributed by atoms with Crippen LogP contribution in [-0.2, 0) is 6.42 Å². The molecule has 25 heavy (non-hydrogen) atoms. The molecule has 0 aromatic carbocycles. The van der Waals surface area contributed by atoms with E-state index in [1.807, 2.05) is 55.1 Å². The molecule has 1 aliphatic rings. The van der Waals surface area contributed by atoms with Gasteiger partial charge >= 0.3 is 0 Å². The van der Waals surface area contributed by atoms with E-state index in [-0.39, 0.29) is 5.91 Å². The summed E-state index contributed by atoms with van der Waals surface area (Å²) in [6.45, 7) is 3.49. The molecule has 1 fully saturated rings. The van der Waals surface area contributed by atoms with Gasteiger partial charge in [0.05, 0.1) is 5.69 Å². The van der Waals surface area contributed by atoms with Gasteiger partial charge < -0.3 is 9.80 Å². The van der Waals surface area contributed by atoms with E-state index in [0.29, 0.717) is 11.6 Å². The minimum atomic E-state index is 0.0387. The van der Waals surface area contributed by atoms with Gasteiger partial charge in [-0.2, -0.15) is 5.10 Å². The molecule has 0 N–H and O–H groups in total. The maximum atomic E-state index is 12.8. The molecular weight excluding hydrogens is 314 g/mol. The number of hydrogen-bond donors (Lipinski definition) is 0. The molecule has 1 atom stereocenters. The zero-order chi connectivity index (χ0) is 17.8. The number of anilines is 1. The largest absolute Gasteiger partial charge is 0.361 e. The standard InChI is InChI=1S/C19H25N5O/c1-14-6-4-10-20-18(14)19(25)24-11-5-7-15(13-24)12-16-8-9-17(22-21-16)23(2)3/h4,6,8-10,15H,5,7,11-13H2,1-3H3/t15-/m1/s1. The Morgan fingerprint density at radius 2 is 2.12 bits per heavy atom. The van der Waals surface area contributed by atoms with Crippen LogP contribution in [0.15, 0.2) is 30.5 Å². The van der Waals surface area contributed by atoms with Gasteiger partial charge in [0, 0.05) is 33.4 Å². The van der Waals surface area contributed by atoms with Gasteiger partial charge in [0.15, 0.2) is 5.82 Å². The summed E-state index contributed by atoms with van der Waals surface area (Å²) in [6, 6.07) is 7.82. The fourth-order valence-electron chi connectivity index (χ4n) is 3.27. The van der Waals surface area contributed by atoms with Crippen molar-refractivity contribution in [1.82, 2.24) is 20.1 Å². The molecule has 6 heteroatoms. The van der Waals surface area contributed by atoms with E-state index in [2.05, 4.69) is 15.2 Å². The lowest BCUT2D eigenvalue weighted by Gasteiger charge is -2.32. The van der Waals surface area contributed by atoms with Gasteiger partial charge in [-0.05, 0) is 55.9 Å². The summed E-state index contributed by atoms with van der Waals surface area (Å²) in [7, 11) is 3.90. The van der Waals surface area contributed by atoms with Crippen LogP contribution in [0.5, 0.6) is 0 Å². The fourth-order valence-corrected chi connectivity index (χ4v) is 3.27. The second kappa shape index (κ2) is 7.59. The van der Waals surface area contributed by atoms with Crippen molar-refractivity contribution in [3.63, 3.8) is 0 Å². The summed E-state index contributed by atoms with van der Waals surface area (Å²) >= 11 is 0. The normalized spacial score (nSPS) is 17.4. The number of carbonyl (C=O) groups excluding carboxylic acids is 1. The first-order chi connectivity index (χ1) is 12.0. The molecule has 1 amide bonds. The van der Waals surface area contributed by atoms with E-state index in [4.69, 9.17) is 0 Å². The van der Waals surface area contributed by atoms with Crippen molar-refractivity contribution >= 4 is 11.7 Å². The zero-order valence-electron chi connectivity index (χ0n) is 15.1. The predicted molar refractivity (Wildman–Crippen MR) is 97.7 cm³/mol. The number of piperidine rings is 1. The van der Waals surface area contributed by atoms with E-state index in [1.54, 1.807) is 6.20 Å². The van der Waals surface area contributed by atoms with Crippen molar-refractivity contribution in [2.45, 2.75) is 26.2 Å². The first kappa shape index (κ1) is 17.3. The summed E-state index contributed by atoms with van der Waals surface area (Å²) in [5, 5.41) is 8.57. The van der Waals surface area contributed by atoms with Crippen molar-refractivity contribution in [1.29, 1.82) is 0 Å². The lowest BCUT2D eigenvalue weighted by Crippen LogP contribution is -2.41. The Hall–Kier alpha value is -2.50. The molecule has 0 radical (unpaired) electrons. The molecule has 1 aliphatic heterocycles. The van der Waals surface area contributed by atoms with Gasteiger partial charge in [0.2, 0.25) is 0 Å². The Balaban J connectivity index is 1.65. The lowest BCUT2D eigenvalue weighted by molar-refractivity contribution is 0.0666. The van der Waals surface area contributed by atoms with Crippen LogP contribution in [0.3, 0.4) is 0 Å². The summed E-state index contributed by atoms with van der Waals surface area (Å²) in [6.07, 6.45) is 4.67. The number of aryl methyl sites for hydroxylation is 1. The van der Waals surface area contributed by atoms with E-state index in [9.17, 15) is 4.79 Å². The van der Waals surface area contributed by atoms with Crippen molar-refractivity contribution in [2.24, 2.45) is 5.92 Å². The van der Waals surface area contributed by atoms with Gasteiger partial charge in [-0.25, -0.2) is 0 Å². The number of likely N-dealkylation sites (tertiary alicyclic amines) is 1.